The van der Waals surface area contributed by atoms with Crippen LogP contribution in [0.2, 0.25) is 0 Å². The first-order valence-corrected chi connectivity index (χ1v) is 6.80. The van der Waals surface area contributed by atoms with Crippen molar-refractivity contribution in [1.82, 2.24) is 4.90 Å². The number of hydrogen-bond donors (Lipinski definition) is 1. The van der Waals surface area contributed by atoms with Gasteiger partial charge in [-0.15, -0.1) is 12.4 Å². The van der Waals surface area contributed by atoms with Crippen molar-refractivity contribution in [3.63, 3.8) is 0 Å². The Labute approximate surface area is 125 Å². The molecule has 1 heterocycles. The summed E-state index contributed by atoms with van der Waals surface area (Å²) in [6, 6.07) is 7.47. The second kappa shape index (κ2) is 7.29. The van der Waals surface area contributed by atoms with Gasteiger partial charge in [0.2, 0.25) is 0 Å². The van der Waals surface area contributed by atoms with Crippen LogP contribution in [0.5, 0.6) is 0 Å². The molecule has 2 N–H and O–H groups in total. The summed E-state index contributed by atoms with van der Waals surface area (Å²) in [7, 11) is 0. The van der Waals surface area contributed by atoms with E-state index in [9.17, 15) is 9.59 Å². The minimum Gasteiger partial charge on any atom is -0.351 e. The minimum absolute atomic E-state index is 0. The Balaban J connectivity index is 0.00000200. The van der Waals surface area contributed by atoms with E-state index in [0.29, 0.717) is 25.4 Å². The van der Waals surface area contributed by atoms with Gasteiger partial charge in [-0.05, 0) is 24.3 Å². The molecular weight excluding hydrogens is 276 g/mol. The van der Waals surface area contributed by atoms with Crippen molar-refractivity contribution < 1.29 is 9.59 Å². The molecule has 0 aromatic heterocycles. The summed E-state index contributed by atoms with van der Waals surface area (Å²) >= 11 is 0. The fourth-order valence-electron chi connectivity index (χ4n) is 2.71. The zero-order valence-electron chi connectivity index (χ0n) is 11.7. The molecule has 110 valence electrons. The molecule has 1 aromatic carbocycles. The number of benzene rings is 1. The number of urea groups is 1. The molecule has 20 heavy (non-hydrogen) atoms. The second-order valence-corrected chi connectivity index (χ2v) is 4.96. The Hall–Kier alpha value is -1.55. The van der Waals surface area contributed by atoms with Crippen LogP contribution in [-0.4, -0.2) is 29.8 Å². The van der Waals surface area contributed by atoms with E-state index in [4.69, 9.17) is 5.73 Å². The number of ketones is 1. The lowest BCUT2D eigenvalue weighted by Crippen LogP contribution is -2.41. The third kappa shape index (κ3) is 3.51. The fourth-order valence-corrected chi connectivity index (χ4v) is 2.71. The van der Waals surface area contributed by atoms with Gasteiger partial charge in [0.15, 0.2) is 5.78 Å². The molecule has 0 saturated carbocycles. The monoisotopic (exact) mass is 296 g/mol. The number of carbonyl (C=O) groups is 2. The van der Waals surface area contributed by atoms with Crippen LogP contribution in [-0.2, 0) is 0 Å². The SMILES string of the molecule is CCC(=O)c1ccccc1C1CCN(C(N)=O)CC1.Cl. The van der Waals surface area contributed by atoms with Gasteiger partial charge in [0, 0.05) is 25.1 Å². The van der Waals surface area contributed by atoms with E-state index in [1.807, 2.05) is 31.2 Å². The maximum absolute atomic E-state index is 12.0. The number of piperidine rings is 1. The molecular formula is C15H21ClN2O2. The Morgan fingerprint density at radius 2 is 1.85 bits per heavy atom. The highest BCUT2D eigenvalue weighted by Gasteiger charge is 2.24. The highest BCUT2D eigenvalue weighted by molar-refractivity contribution is 5.97. The summed E-state index contributed by atoms with van der Waals surface area (Å²) in [4.78, 5) is 24.7. The number of amides is 2. The van der Waals surface area contributed by atoms with Gasteiger partial charge in [-0.2, -0.15) is 0 Å². The minimum atomic E-state index is -0.351. The fraction of sp³-hybridized carbons (Fsp3) is 0.467. The summed E-state index contributed by atoms with van der Waals surface area (Å²) < 4.78 is 0. The van der Waals surface area contributed by atoms with Crippen molar-refractivity contribution in [3.05, 3.63) is 35.4 Å². The van der Waals surface area contributed by atoms with Crippen LogP contribution in [0.15, 0.2) is 24.3 Å². The average Bonchev–Trinajstić information content (AvgIpc) is 2.46. The standard InChI is InChI=1S/C15H20N2O2.ClH/c1-2-14(18)13-6-4-3-5-12(13)11-7-9-17(10-8-11)15(16)19;/h3-6,11H,2,7-10H2,1H3,(H2,16,19);1H. The van der Waals surface area contributed by atoms with Crippen LogP contribution in [0.4, 0.5) is 4.79 Å². The molecule has 0 spiro atoms. The van der Waals surface area contributed by atoms with Gasteiger partial charge in [0.05, 0.1) is 0 Å². The van der Waals surface area contributed by atoms with Crippen molar-refractivity contribution in [3.8, 4) is 0 Å². The third-order valence-electron chi connectivity index (χ3n) is 3.83. The number of nitrogens with two attached hydrogens (primary N) is 1. The van der Waals surface area contributed by atoms with E-state index >= 15 is 0 Å². The number of nitrogens with zero attached hydrogens (tertiary/aromatic N) is 1. The lowest BCUT2D eigenvalue weighted by Gasteiger charge is -2.31. The van der Waals surface area contributed by atoms with Crippen LogP contribution < -0.4 is 5.73 Å². The lowest BCUT2D eigenvalue weighted by atomic mass is 9.85. The van der Waals surface area contributed by atoms with Gasteiger partial charge < -0.3 is 10.6 Å². The van der Waals surface area contributed by atoms with E-state index in [2.05, 4.69) is 0 Å². The molecule has 0 aliphatic carbocycles. The highest BCUT2D eigenvalue weighted by atomic mass is 35.5. The van der Waals surface area contributed by atoms with Gasteiger partial charge in [0.25, 0.3) is 0 Å². The quantitative estimate of drug-likeness (QED) is 0.872. The summed E-state index contributed by atoms with van der Waals surface area (Å²) in [6.07, 6.45) is 2.27. The first-order valence-electron chi connectivity index (χ1n) is 6.80. The van der Waals surface area contributed by atoms with E-state index < -0.39 is 0 Å². The van der Waals surface area contributed by atoms with E-state index in [-0.39, 0.29) is 24.2 Å². The lowest BCUT2D eigenvalue weighted by molar-refractivity contribution is 0.0986. The summed E-state index contributed by atoms with van der Waals surface area (Å²) in [5.41, 5.74) is 7.24. The predicted octanol–water partition coefficient (Wildman–Crippen LogP) is 2.96. The second-order valence-electron chi connectivity index (χ2n) is 4.96. The molecule has 2 amide bonds. The molecule has 1 saturated heterocycles. The van der Waals surface area contributed by atoms with Crippen molar-refractivity contribution in [1.29, 1.82) is 0 Å². The molecule has 0 radical (unpaired) electrons. The van der Waals surface area contributed by atoms with Crippen molar-refractivity contribution in [2.45, 2.75) is 32.1 Å². The zero-order valence-corrected chi connectivity index (χ0v) is 12.5. The van der Waals surface area contributed by atoms with Gasteiger partial charge in [-0.3, -0.25) is 4.79 Å². The molecule has 0 atom stereocenters. The molecule has 1 aliphatic heterocycles. The number of rotatable bonds is 3. The molecule has 1 aromatic rings. The van der Waals surface area contributed by atoms with E-state index in [1.165, 1.54) is 0 Å². The molecule has 5 heteroatoms. The van der Waals surface area contributed by atoms with Gasteiger partial charge in [-0.25, -0.2) is 4.79 Å². The Bertz CT molecular complexity index is 483. The van der Waals surface area contributed by atoms with Crippen LogP contribution in [0.25, 0.3) is 0 Å². The Morgan fingerprint density at radius 1 is 1.25 bits per heavy atom. The number of Topliss-reactive ketones (excluding diaryl/α,β-unsaturated/α-hetero) is 1. The smallest absolute Gasteiger partial charge is 0.314 e. The van der Waals surface area contributed by atoms with Gasteiger partial charge >= 0.3 is 6.03 Å². The van der Waals surface area contributed by atoms with Crippen molar-refractivity contribution in [2.75, 3.05) is 13.1 Å². The van der Waals surface area contributed by atoms with Crippen molar-refractivity contribution >= 4 is 24.2 Å². The number of hydrogen-bond acceptors (Lipinski definition) is 2. The third-order valence-corrected chi connectivity index (χ3v) is 3.83. The zero-order chi connectivity index (χ0) is 13.8. The molecule has 4 nitrogen and oxygen atoms in total. The number of likely N-dealkylation sites (tertiary alicyclic amines) is 1. The van der Waals surface area contributed by atoms with Crippen LogP contribution >= 0.6 is 12.4 Å². The van der Waals surface area contributed by atoms with E-state index in [1.54, 1.807) is 4.90 Å². The largest absolute Gasteiger partial charge is 0.351 e. The first kappa shape index (κ1) is 16.5. The van der Waals surface area contributed by atoms with Gasteiger partial charge in [0.1, 0.15) is 0 Å². The summed E-state index contributed by atoms with van der Waals surface area (Å²) in [5, 5.41) is 0. The average molecular weight is 297 g/mol. The summed E-state index contributed by atoms with van der Waals surface area (Å²) in [6.45, 7) is 3.23. The van der Waals surface area contributed by atoms with Crippen LogP contribution in [0, 0.1) is 0 Å². The van der Waals surface area contributed by atoms with Crippen LogP contribution in [0.1, 0.15) is 48.0 Å². The summed E-state index contributed by atoms with van der Waals surface area (Å²) in [5.74, 6) is 0.537. The number of carbonyl (C=O) groups excluding carboxylic acids is 2. The Kier molecular flexibility index (Phi) is 6.02. The van der Waals surface area contributed by atoms with Crippen molar-refractivity contribution in [2.24, 2.45) is 5.73 Å². The topological polar surface area (TPSA) is 63.4 Å². The molecule has 0 bridgehead atoms. The molecule has 2 rings (SSSR count). The maximum Gasteiger partial charge on any atom is 0.314 e. The number of halogens is 1. The van der Waals surface area contributed by atoms with E-state index in [0.717, 1.165) is 24.0 Å². The first-order chi connectivity index (χ1) is 9.13. The molecule has 1 aliphatic rings. The van der Waals surface area contributed by atoms with Crippen LogP contribution in [0.3, 0.4) is 0 Å². The predicted molar refractivity (Wildman–Crippen MR) is 81.4 cm³/mol. The Morgan fingerprint density at radius 3 is 2.40 bits per heavy atom. The highest BCUT2D eigenvalue weighted by Crippen LogP contribution is 2.30. The normalized spacial score (nSPS) is 15.6. The maximum atomic E-state index is 12.0. The van der Waals surface area contributed by atoms with Gasteiger partial charge in [-0.1, -0.05) is 31.2 Å². The molecule has 1 fully saturated rings. The molecule has 0 unspecified atom stereocenters. The number of primary amides is 1.